The van der Waals surface area contributed by atoms with Crippen LogP contribution >= 0.6 is 11.8 Å². The van der Waals surface area contributed by atoms with Crippen LogP contribution in [0.1, 0.15) is 6.42 Å². The van der Waals surface area contributed by atoms with Gasteiger partial charge in [0.1, 0.15) is 15.6 Å². The molecule has 0 spiro atoms. The fourth-order valence-corrected chi connectivity index (χ4v) is 3.12. The van der Waals surface area contributed by atoms with Crippen LogP contribution in [-0.4, -0.2) is 33.3 Å². The van der Waals surface area contributed by atoms with E-state index in [0.29, 0.717) is 12.1 Å². The van der Waals surface area contributed by atoms with Gasteiger partial charge in [0.15, 0.2) is 0 Å². The predicted octanol–water partition coefficient (Wildman–Crippen LogP) is 1.80. The van der Waals surface area contributed by atoms with Crippen molar-refractivity contribution in [1.82, 2.24) is 0 Å². The van der Waals surface area contributed by atoms with Crippen LogP contribution in [0.25, 0.3) is 0 Å². The van der Waals surface area contributed by atoms with Gasteiger partial charge in [-0.25, -0.2) is 8.42 Å². The Morgan fingerprint density at radius 1 is 1.41 bits per heavy atom. The van der Waals surface area contributed by atoms with E-state index < -0.39 is 9.84 Å². The largest absolute Gasteiger partial charge is 0.496 e. The molecule has 4 nitrogen and oxygen atoms in total. The summed E-state index contributed by atoms with van der Waals surface area (Å²) in [6.07, 6.45) is 1.89. The molecule has 0 radical (unpaired) electrons. The molecule has 0 fully saturated rings. The summed E-state index contributed by atoms with van der Waals surface area (Å²) < 4.78 is 27.1. The third kappa shape index (κ3) is 5.32. The first-order valence-electron chi connectivity index (χ1n) is 5.16. The molecule has 0 heterocycles. The van der Waals surface area contributed by atoms with Crippen molar-refractivity contribution < 1.29 is 13.2 Å². The highest BCUT2D eigenvalue weighted by molar-refractivity contribution is 7.99. The first-order chi connectivity index (χ1) is 7.92. The number of benzene rings is 1. The number of thioether (sulfide) groups is 1. The number of methoxy groups -OCH3 is 1. The van der Waals surface area contributed by atoms with Gasteiger partial charge in [-0.2, -0.15) is 0 Å². The number of anilines is 1. The number of hydrogen-bond donors (Lipinski definition) is 1. The first-order valence-corrected chi connectivity index (χ1v) is 8.21. The van der Waals surface area contributed by atoms with Crippen molar-refractivity contribution in [3.05, 3.63) is 18.2 Å². The Kier molecular flexibility index (Phi) is 5.14. The standard InChI is InChI=1S/C11H17NO3S2/c1-15-10-8-9(12)4-5-11(10)16-6-3-7-17(2,13)14/h4-5,8H,3,6-7,12H2,1-2H3. The minimum absolute atomic E-state index is 0.220. The lowest BCUT2D eigenvalue weighted by atomic mass is 10.3. The monoisotopic (exact) mass is 275 g/mol. The average molecular weight is 275 g/mol. The number of rotatable bonds is 6. The van der Waals surface area contributed by atoms with Crippen LogP contribution in [0.5, 0.6) is 5.75 Å². The molecule has 0 bridgehead atoms. The Labute approximate surface area is 106 Å². The fraction of sp³-hybridized carbons (Fsp3) is 0.455. The summed E-state index contributed by atoms with van der Waals surface area (Å²) in [5.41, 5.74) is 6.30. The van der Waals surface area contributed by atoms with Crippen molar-refractivity contribution in [1.29, 1.82) is 0 Å². The molecule has 0 aliphatic carbocycles. The van der Waals surface area contributed by atoms with Gasteiger partial charge in [0.25, 0.3) is 0 Å². The van der Waals surface area contributed by atoms with E-state index in [-0.39, 0.29) is 5.75 Å². The van der Waals surface area contributed by atoms with Gasteiger partial charge in [-0.05, 0) is 24.3 Å². The molecular weight excluding hydrogens is 258 g/mol. The van der Waals surface area contributed by atoms with E-state index in [0.717, 1.165) is 16.4 Å². The molecule has 6 heteroatoms. The van der Waals surface area contributed by atoms with Crippen LogP contribution in [-0.2, 0) is 9.84 Å². The Morgan fingerprint density at radius 2 is 2.12 bits per heavy atom. The zero-order valence-electron chi connectivity index (χ0n) is 9.97. The van der Waals surface area contributed by atoms with Crippen LogP contribution in [0.3, 0.4) is 0 Å². The maximum atomic E-state index is 11.0. The lowest BCUT2D eigenvalue weighted by Crippen LogP contribution is -2.03. The molecule has 2 N–H and O–H groups in total. The Morgan fingerprint density at radius 3 is 2.71 bits per heavy atom. The molecule has 1 aromatic carbocycles. The summed E-state index contributed by atoms with van der Waals surface area (Å²) in [6, 6.07) is 5.46. The highest BCUT2D eigenvalue weighted by Crippen LogP contribution is 2.31. The van der Waals surface area contributed by atoms with E-state index in [2.05, 4.69) is 0 Å². The summed E-state index contributed by atoms with van der Waals surface area (Å²) in [5, 5.41) is 0. The van der Waals surface area contributed by atoms with Crippen LogP contribution < -0.4 is 10.5 Å². The van der Waals surface area contributed by atoms with Crippen molar-refractivity contribution in [2.24, 2.45) is 0 Å². The lowest BCUT2D eigenvalue weighted by Gasteiger charge is -2.08. The molecule has 0 unspecified atom stereocenters. The van der Waals surface area contributed by atoms with Gasteiger partial charge in [-0.15, -0.1) is 11.8 Å². The van der Waals surface area contributed by atoms with E-state index in [4.69, 9.17) is 10.5 Å². The van der Waals surface area contributed by atoms with Crippen LogP contribution in [0.15, 0.2) is 23.1 Å². The van der Waals surface area contributed by atoms with Gasteiger partial charge in [0, 0.05) is 22.9 Å². The van der Waals surface area contributed by atoms with E-state index >= 15 is 0 Å². The second-order valence-corrected chi connectivity index (χ2v) is 7.14. The second-order valence-electron chi connectivity index (χ2n) is 3.74. The molecule has 0 aliphatic heterocycles. The van der Waals surface area contributed by atoms with E-state index in [1.807, 2.05) is 6.07 Å². The minimum atomic E-state index is -2.87. The van der Waals surface area contributed by atoms with Gasteiger partial charge in [-0.3, -0.25) is 0 Å². The maximum absolute atomic E-state index is 11.0. The Bertz CT molecular complexity index is 472. The molecule has 0 atom stereocenters. The van der Waals surface area contributed by atoms with Crippen molar-refractivity contribution in [2.45, 2.75) is 11.3 Å². The molecule has 96 valence electrons. The van der Waals surface area contributed by atoms with Crippen molar-refractivity contribution in [3.63, 3.8) is 0 Å². The molecule has 0 aliphatic rings. The number of ether oxygens (including phenoxy) is 1. The number of sulfone groups is 1. The number of nitrogens with two attached hydrogens (primary N) is 1. The molecule has 0 aromatic heterocycles. The van der Waals surface area contributed by atoms with Crippen LogP contribution in [0, 0.1) is 0 Å². The molecule has 1 aromatic rings. The predicted molar refractivity (Wildman–Crippen MR) is 72.5 cm³/mol. The summed E-state index contributed by atoms with van der Waals surface area (Å²) in [7, 11) is -1.27. The van der Waals surface area contributed by atoms with Gasteiger partial charge < -0.3 is 10.5 Å². The Balaban J connectivity index is 2.52. The van der Waals surface area contributed by atoms with Gasteiger partial charge in [0.05, 0.1) is 12.9 Å². The highest BCUT2D eigenvalue weighted by Gasteiger charge is 2.06. The summed E-state index contributed by atoms with van der Waals surface area (Å²) in [4.78, 5) is 0.982. The SMILES string of the molecule is COc1cc(N)ccc1SCCCS(C)(=O)=O. The summed E-state index contributed by atoms with van der Waals surface area (Å²) >= 11 is 1.58. The molecule has 0 saturated heterocycles. The summed E-state index contributed by atoms with van der Waals surface area (Å²) in [6.45, 7) is 0. The van der Waals surface area contributed by atoms with E-state index in [1.165, 1.54) is 6.26 Å². The zero-order valence-corrected chi connectivity index (χ0v) is 11.6. The van der Waals surface area contributed by atoms with Crippen molar-refractivity contribution >= 4 is 27.3 Å². The third-order valence-corrected chi connectivity index (χ3v) is 4.28. The van der Waals surface area contributed by atoms with Gasteiger partial charge in [0.2, 0.25) is 0 Å². The topological polar surface area (TPSA) is 69.4 Å². The van der Waals surface area contributed by atoms with Crippen molar-refractivity contribution in [3.8, 4) is 5.75 Å². The second kappa shape index (κ2) is 6.16. The lowest BCUT2D eigenvalue weighted by molar-refractivity contribution is 0.405. The van der Waals surface area contributed by atoms with Crippen molar-refractivity contribution in [2.75, 3.05) is 30.6 Å². The molecule has 1 rings (SSSR count). The smallest absolute Gasteiger partial charge is 0.147 e. The maximum Gasteiger partial charge on any atom is 0.147 e. The average Bonchev–Trinajstić information content (AvgIpc) is 2.24. The van der Waals surface area contributed by atoms with Crippen LogP contribution in [0.2, 0.25) is 0 Å². The molecule has 0 amide bonds. The number of nitrogen functional groups attached to an aromatic ring is 1. The summed E-state index contributed by atoms with van der Waals surface area (Å²) in [5.74, 6) is 1.69. The molecular formula is C11H17NO3S2. The highest BCUT2D eigenvalue weighted by atomic mass is 32.2. The normalized spacial score (nSPS) is 11.4. The zero-order chi connectivity index (χ0) is 12.9. The Hall–Kier alpha value is -0.880. The molecule has 0 saturated carbocycles. The quantitative estimate of drug-likeness (QED) is 0.487. The van der Waals surface area contributed by atoms with Crippen LogP contribution in [0.4, 0.5) is 5.69 Å². The molecule has 17 heavy (non-hydrogen) atoms. The minimum Gasteiger partial charge on any atom is -0.496 e. The van der Waals surface area contributed by atoms with E-state index in [9.17, 15) is 8.42 Å². The first kappa shape index (κ1) is 14.2. The number of hydrogen-bond acceptors (Lipinski definition) is 5. The van der Waals surface area contributed by atoms with Gasteiger partial charge >= 0.3 is 0 Å². The van der Waals surface area contributed by atoms with E-state index in [1.54, 1.807) is 31.0 Å². The fourth-order valence-electron chi connectivity index (χ4n) is 1.31. The van der Waals surface area contributed by atoms with Gasteiger partial charge in [-0.1, -0.05) is 0 Å². The third-order valence-electron chi connectivity index (χ3n) is 2.10.